The van der Waals surface area contributed by atoms with Gasteiger partial charge in [-0.1, -0.05) is 30.3 Å². The third-order valence-electron chi connectivity index (χ3n) is 3.05. The molecule has 112 valence electrons. The highest BCUT2D eigenvalue weighted by Gasteiger charge is 2.24. The summed E-state index contributed by atoms with van der Waals surface area (Å²) >= 11 is 0. The van der Waals surface area contributed by atoms with Crippen LogP contribution < -0.4 is 11.1 Å². The second kappa shape index (κ2) is 8.77. The molecule has 0 spiro atoms. The van der Waals surface area contributed by atoms with Crippen molar-refractivity contribution in [2.75, 3.05) is 7.11 Å². The van der Waals surface area contributed by atoms with Crippen molar-refractivity contribution in [3.05, 3.63) is 35.9 Å². The number of hydrogen-bond acceptors (Lipinski definition) is 3. The summed E-state index contributed by atoms with van der Waals surface area (Å²) in [5.74, 6) is 1.51. The minimum absolute atomic E-state index is 0.395. The molecule has 0 saturated carbocycles. The first-order valence-electron chi connectivity index (χ1n) is 6.71. The number of unbranched alkanes of at least 4 members (excludes halogenated alkanes) is 1. The van der Waals surface area contributed by atoms with Crippen molar-refractivity contribution in [1.29, 1.82) is 0 Å². The lowest BCUT2D eigenvalue weighted by molar-refractivity contribution is -0.135. The van der Waals surface area contributed by atoms with Crippen LogP contribution in [-0.2, 0) is 14.3 Å². The molecule has 0 aliphatic rings. The molecule has 21 heavy (non-hydrogen) atoms. The predicted octanol–water partition coefficient (Wildman–Crippen LogP) is 1.15. The van der Waals surface area contributed by atoms with Gasteiger partial charge in [0, 0.05) is 13.5 Å². The zero-order chi connectivity index (χ0) is 15.7. The Morgan fingerprint density at radius 3 is 2.57 bits per heavy atom. The number of carbonyl (C=O) groups excluding carboxylic acids is 2. The molecule has 0 aromatic heterocycles. The van der Waals surface area contributed by atoms with Crippen LogP contribution in [0.25, 0.3) is 0 Å². The molecule has 0 radical (unpaired) electrons. The van der Waals surface area contributed by atoms with Gasteiger partial charge in [0.2, 0.25) is 5.91 Å². The summed E-state index contributed by atoms with van der Waals surface area (Å²) in [5.41, 5.74) is 6.01. The van der Waals surface area contributed by atoms with Crippen molar-refractivity contribution in [1.82, 2.24) is 5.32 Å². The molecule has 0 fully saturated rings. The van der Waals surface area contributed by atoms with Gasteiger partial charge in [0.05, 0.1) is 0 Å². The van der Waals surface area contributed by atoms with Gasteiger partial charge in [-0.05, 0) is 18.4 Å². The number of nitrogens with two attached hydrogens (primary N) is 1. The van der Waals surface area contributed by atoms with Crippen LogP contribution in [0.2, 0.25) is 0 Å². The smallest absolute Gasteiger partial charge is 0.254 e. The van der Waals surface area contributed by atoms with E-state index in [0.29, 0.717) is 24.8 Å². The van der Waals surface area contributed by atoms with Crippen LogP contribution >= 0.6 is 0 Å². The van der Waals surface area contributed by atoms with Crippen LogP contribution in [0.1, 0.15) is 30.9 Å². The van der Waals surface area contributed by atoms with Gasteiger partial charge in [0.1, 0.15) is 6.04 Å². The molecule has 5 heteroatoms. The van der Waals surface area contributed by atoms with Crippen LogP contribution in [0.5, 0.6) is 0 Å². The summed E-state index contributed by atoms with van der Waals surface area (Å²) in [4.78, 5) is 23.6. The highest BCUT2D eigenvalue weighted by atomic mass is 16.5. The minimum atomic E-state index is -0.777. The number of primary amides is 1. The summed E-state index contributed by atoms with van der Waals surface area (Å²) in [6, 6.07) is 8.30. The molecule has 1 aromatic carbocycles. The van der Waals surface area contributed by atoms with Gasteiger partial charge < -0.3 is 15.8 Å². The zero-order valence-electron chi connectivity index (χ0n) is 12.0. The van der Waals surface area contributed by atoms with Gasteiger partial charge >= 0.3 is 0 Å². The van der Waals surface area contributed by atoms with E-state index >= 15 is 0 Å². The standard InChI is InChI=1S/C16H20N2O3/c1-3-4-6-11-13(15(17)19)18-16(20)14(21-2)12-9-7-5-8-10-12/h1,5,7-10,13-14H,4,6,11H2,2H3,(H2,17,19)(H,18,20)/t13-,14-/m0/s1. The van der Waals surface area contributed by atoms with E-state index in [0.717, 1.165) is 0 Å². The molecule has 3 N–H and O–H groups in total. The number of amides is 2. The average Bonchev–Trinajstić information content (AvgIpc) is 2.48. The highest BCUT2D eigenvalue weighted by Crippen LogP contribution is 2.16. The fraction of sp³-hybridized carbons (Fsp3) is 0.375. The molecule has 0 unspecified atom stereocenters. The summed E-state index contributed by atoms with van der Waals surface area (Å²) in [7, 11) is 1.44. The van der Waals surface area contributed by atoms with E-state index < -0.39 is 24.0 Å². The number of benzene rings is 1. The normalized spacial score (nSPS) is 13.0. The van der Waals surface area contributed by atoms with Gasteiger partial charge in [-0.15, -0.1) is 12.3 Å². The predicted molar refractivity (Wildman–Crippen MR) is 80.0 cm³/mol. The summed E-state index contributed by atoms with van der Waals surface area (Å²) < 4.78 is 5.21. The number of hydrogen-bond donors (Lipinski definition) is 2. The van der Waals surface area contributed by atoms with E-state index in [-0.39, 0.29) is 0 Å². The van der Waals surface area contributed by atoms with Gasteiger partial charge in [-0.3, -0.25) is 9.59 Å². The lowest BCUT2D eigenvalue weighted by atomic mass is 10.1. The van der Waals surface area contributed by atoms with Gasteiger partial charge in [0.15, 0.2) is 6.10 Å². The molecule has 1 aromatic rings. The number of carbonyl (C=O) groups is 2. The Hall–Kier alpha value is -2.32. The molecular weight excluding hydrogens is 268 g/mol. The molecule has 0 aliphatic heterocycles. The lowest BCUT2D eigenvalue weighted by Crippen LogP contribution is -2.46. The van der Waals surface area contributed by atoms with Crippen LogP contribution in [0, 0.1) is 12.3 Å². The molecule has 0 bridgehead atoms. The van der Waals surface area contributed by atoms with Crippen molar-refractivity contribution in [2.45, 2.75) is 31.4 Å². The van der Waals surface area contributed by atoms with E-state index in [1.54, 1.807) is 12.1 Å². The summed E-state index contributed by atoms with van der Waals surface area (Å²) in [6.07, 6.45) is 5.95. The van der Waals surface area contributed by atoms with Gasteiger partial charge in [0.25, 0.3) is 5.91 Å². The number of nitrogens with one attached hydrogen (secondary N) is 1. The highest BCUT2D eigenvalue weighted by molar-refractivity contribution is 5.89. The van der Waals surface area contributed by atoms with Crippen LogP contribution in [0.4, 0.5) is 0 Å². The Kier molecular flexibility index (Phi) is 6.99. The fourth-order valence-corrected chi connectivity index (χ4v) is 1.96. The number of terminal acetylenes is 1. The minimum Gasteiger partial charge on any atom is -0.368 e. The Labute approximate surface area is 124 Å². The van der Waals surface area contributed by atoms with Crippen molar-refractivity contribution >= 4 is 11.8 Å². The molecule has 0 saturated heterocycles. The summed E-state index contributed by atoms with van der Waals surface area (Å²) in [6.45, 7) is 0. The largest absolute Gasteiger partial charge is 0.368 e. The first kappa shape index (κ1) is 16.7. The third kappa shape index (κ3) is 5.28. The maximum absolute atomic E-state index is 12.2. The second-order valence-corrected chi connectivity index (χ2v) is 4.59. The number of methoxy groups -OCH3 is 1. The maximum atomic E-state index is 12.2. The molecule has 2 atom stereocenters. The second-order valence-electron chi connectivity index (χ2n) is 4.59. The Morgan fingerprint density at radius 1 is 1.38 bits per heavy atom. The first-order valence-corrected chi connectivity index (χ1v) is 6.71. The topological polar surface area (TPSA) is 81.4 Å². The Morgan fingerprint density at radius 2 is 2.05 bits per heavy atom. The molecule has 2 amide bonds. The van der Waals surface area contributed by atoms with E-state index in [1.807, 2.05) is 18.2 Å². The van der Waals surface area contributed by atoms with Gasteiger partial charge in [-0.25, -0.2) is 0 Å². The molecule has 5 nitrogen and oxygen atoms in total. The SMILES string of the molecule is C#CCCC[C@H](NC(=O)[C@@H](OC)c1ccccc1)C(N)=O. The van der Waals surface area contributed by atoms with Crippen molar-refractivity contribution in [3.8, 4) is 12.3 Å². The molecular formula is C16H20N2O3. The quantitative estimate of drug-likeness (QED) is 0.556. The van der Waals surface area contributed by atoms with Crippen molar-refractivity contribution in [2.24, 2.45) is 5.73 Å². The average molecular weight is 288 g/mol. The van der Waals surface area contributed by atoms with Crippen LogP contribution in [-0.4, -0.2) is 25.0 Å². The lowest BCUT2D eigenvalue weighted by Gasteiger charge is -2.20. The fourth-order valence-electron chi connectivity index (χ4n) is 1.96. The number of rotatable bonds is 8. The van der Waals surface area contributed by atoms with Crippen LogP contribution in [0.15, 0.2) is 30.3 Å². The summed E-state index contributed by atoms with van der Waals surface area (Å²) in [5, 5.41) is 2.62. The van der Waals surface area contributed by atoms with Crippen molar-refractivity contribution in [3.63, 3.8) is 0 Å². The molecule has 0 heterocycles. The monoisotopic (exact) mass is 288 g/mol. The molecule has 1 rings (SSSR count). The van der Waals surface area contributed by atoms with E-state index in [1.165, 1.54) is 7.11 Å². The van der Waals surface area contributed by atoms with Crippen molar-refractivity contribution < 1.29 is 14.3 Å². The zero-order valence-corrected chi connectivity index (χ0v) is 12.0. The maximum Gasteiger partial charge on any atom is 0.254 e. The van der Waals surface area contributed by atoms with E-state index in [4.69, 9.17) is 16.9 Å². The van der Waals surface area contributed by atoms with Crippen LogP contribution in [0.3, 0.4) is 0 Å². The van der Waals surface area contributed by atoms with E-state index in [2.05, 4.69) is 11.2 Å². The molecule has 0 aliphatic carbocycles. The number of ether oxygens (including phenoxy) is 1. The Balaban J connectivity index is 2.71. The van der Waals surface area contributed by atoms with E-state index in [9.17, 15) is 9.59 Å². The van der Waals surface area contributed by atoms with Gasteiger partial charge in [-0.2, -0.15) is 0 Å². The third-order valence-corrected chi connectivity index (χ3v) is 3.05. The first-order chi connectivity index (χ1) is 10.1. The Bertz CT molecular complexity index is 508.